The van der Waals surface area contributed by atoms with E-state index < -0.39 is 22.7 Å². The number of aromatic nitrogens is 2. The van der Waals surface area contributed by atoms with Gasteiger partial charge in [-0.3, -0.25) is 18.8 Å². The van der Waals surface area contributed by atoms with Crippen molar-refractivity contribution < 1.29 is 28.0 Å². The van der Waals surface area contributed by atoms with Crippen LogP contribution >= 0.6 is 0 Å². The average Bonchev–Trinajstić information content (AvgIpc) is 2.84. The minimum absolute atomic E-state index is 0.00324. The summed E-state index contributed by atoms with van der Waals surface area (Å²) in [6, 6.07) is 10.0. The lowest BCUT2D eigenvalue weighted by atomic mass is 10.1. The molecule has 2 heterocycles. The van der Waals surface area contributed by atoms with Gasteiger partial charge in [-0.15, -0.1) is 0 Å². The second-order valence-corrected chi connectivity index (χ2v) is 8.55. The maximum Gasteiger partial charge on any atom is 0.303 e. The molecule has 0 aliphatic heterocycles. The number of ether oxygens (including phenoxy) is 3. The van der Waals surface area contributed by atoms with Crippen LogP contribution in [-0.4, -0.2) is 40.3 Å². The third kappa shape index (κ3) is 5.96. The molecule has 9 nitrogen and oxygen atoms in total. The number of anilines is 1. The van der Waals surface area contributed by atoms with Crippen LogP contribution in [0.1, 0.15) is 34.1 Å². The molecule has 34 heavy (non-hydrogen) atoms. The highest BCUT2D eigenvalue weighted by Crippen LogP contribution is 2.27. The molecule has 3 rings (SSSR count). The van der Waals surface area contributed by atoms with Gasteiger partial charge in [0, 0.05) is 36.6 Å². The quantitative estimate of drug-likeness (QED) is 0.460. The minimum Gasteiger partial charge on any atom is -0.497 e. The van der Waals surface area contributed by atoms with Gasteiger partial charge in [0.1, 0.15) is 23.1 Å². The van der Waals surface area contributed by atoms with Gasteiger partial charge in [-0.2, -0.15) is 0 Å². The summed E-state index contributed by atoms with van der Waals surface area (Å²) in [7, 11) is 1.45. The maximum atomic E-state index is 13.2. The number of carbonyl (C=O) groups is 2. The van der Waals surface area contributed by atoms with E-state index in [4.69, 9.17) is 14.2 Å². The number of carbonyl (C=O) groups excluding carboxylic acids is 2. The molecule has 2 aromatic heterocycles. The number of nitrogens with one attached hydrogen (secondary N) is 1. The summed E-state index contributed by atoms with van der Waals surface area (Å²) in [6.45, 7) is 3.07. The summed E-state index contributed by atoms with van der Waals surface area (Å²) in [5.41, 5.74) is 2.56. The van der Waals surface area contributed by atoms with Gasteiger partial charge in [0.05, 0.1) is 42.0 Å². The Kier molecular flexibility index (Phi) is 8.31. The number of amides is 1. The number of esters is 1. The van der Waals surface area contributed by atoms with Crippen molar-refractivity contribution in [1.29, 1.82) is 0 Å². The van der Waals surface area contributed by atoms with E-state index in [1.807, 2.05) is 0 Å². The summed E-state index contributed by atoms with van der Waals surface area (Å²) < 4.78 is 28.8. The van der Waals surface area contributed by atoms with Crippen molar-refractivity contribution in [1.82, 2.24) is 9.97 Å². The van der Waals surface area contributed by atoms with Crippen molar-refractivity contribution in [2.45, 2.75) is 31.2 Å². The van der Waals surface area contributed by atoms with Crippen LogP contribution in [0.5, 0.6) is 11.5 Å². The second-order valence-electron chi connectivity index (χ2n) is 7.19. The smallest absolute Gasteiger partial charge is 0.303 e. The van der Waals surface area contributed by atoms with Crippen LogP contribution in [0.3, 0.4) is 0 Å². The topological polar surface area (TPSA) is 117 Å². The Morgan fingerprint density at radius 3 is 2.56 bits per heavy atom. The van der Waals surface area contributed by atoms with Gasteiger partial charge in [-0.1, -0.05) is 6.07 Å². The number of hydrogen-bond donors (Lipinski definition) is 1. The third-order valence-corrected chi connectivity index (χ3v) is 6.31. The summed E-state index contributed by atoms with van der Waals surface area (Å²) in [6.07, 6.45) is 3.00. The molecule has 1 unspecified atom stereocenters. The summed E-state index contributed by atoms with van der Waals surface area (Å²) in [5, 5.41) is 2.97. The zero-order valence-corrected chi connectivity index (χ0v) is 20.1. The molecule has 0 saturated heterocycles. The molecule has 1 atom stereocenters. The van der Waals surface area contributed by atoms with Crippen LogP contribution in [0.4, 0.5) is 5.69 Å². The van der Waals surface area contributed by atoms with Crippen molar-refractivity contribution in [2.75, 3.05) is 19.5 Å². The molecule has 3 aromatic rings. The molecule has 0 aliphatic carbocycles. The number of pyridine rings is 2. The van der Waals surface area contributed by atoms with Gasteiger partial charge in [-0.25, -0.2) is 4.98 Å². The Labute approximate surface area is 199 Å². The van der Waals surface area contributed by atoms with Crippen LogP contribution in [0.2, 0.25) is 0 Å². The van der Waals surface area contributed by atoms with E-state index in [-0.39, 0.29) is 22.9 Å². The van der Waals surface area contributed by atoms with Crippen LogP contribution in [-0.2, 0) is 32.7 Å². The molecule has 10 heteroatoms. The molecule has 0 radical (unpaired) electrons. The Morgan fingerprint density at radius 1 is 1.06 bits per heavy atom. The van der Waals surface area contributed by atoms with Crippen molar-refractivity contribution in [3.8, 4) is 11.5 Å². The second kappa shape index (κ2) is 11.4. The van der Waals surface area contributed by atoms with Crippen molar-refractivity contribution in [2.24, 2.45) is 0 Å². The minimum atomic E-state index is -1.63. The van der Waals surface area contributed by atoms with E-state index in [0.717, 1.165) is 0 Å². The molecule has 1 aromatic carbocycles. The number of benzene rings is 1. The predicted octanol–water partition coefficient (Wildman–Crippen LogP) is 3.43. The molecule has 178 valence electrons. The Balaban J connectivity index is 1.83. The highest BCUT2D eigenvalue weighted by atomic mass is 32.2. The van der Waals surface area contributed by atoms with Gasteiger partial charge in [0.2, 0.25) is 0 Å². The fourth-order valence-electron chi connectivity index (χ4n) is 3.15. The van der Waals surface area contributed by atoms with Crippen molar-refractivity contribution >= 4 is 28.4 Å². The van der Waals surface area contributed by atoms with Gasteiger partial charge >= 0.3 is 5.97 Å². The van der Waals surface area contributed by atoms with Gasteiger partial charge < -0.3 is 19.5 Å². The predicted molar refractivity (Wildman–Crippen MR) is 126 cm³/mol. The summed E-state index contributed by atoms with van der Waals surface area (Å²) >= 11 is 0. The van der Waals surface area contributed by atoms with E-state index in [9.17, 15) is 13.8 Å². The lowest BCUT2D eigenvalue weighted by Gasteiger charge is -2.14. The number of hydrogen-bond acceptors (Lipinski definition) is 8. The lowest BCUT2D eigenvalue weighted by molar-refractivity contribution is -0.142. The van der Waals surface area contributed by atoms with Gasteiger partial charge in [-0.05, 0) is 36.8 Å². The maximum absolute atomic E-state index is 13.2. The normalized spacial score (nSPS) is 11.4. The molecule has 1 N–H and O–H groups in total. The lowest BCUT2D eigenvalue weighted by Crippen LogP contribution is -2.17. The highest BCUT2D eigenvalue weighted by Gasteiger charge is 2.20. The zero-order chi connectivity index (χ0) is 24.7. The molecule has 0 spiro atoms. The standard InChI is InChI=1S/C24H25N3O6S/c1-15-20(9-11-25-21(15)13-33-16(2)28)27-23(29)19-6-5-10-26-24(19)34(30)14-17-7-8-18(31-3)12-22(17)32-4/h5-12H,13-14H2,1-4H3,(H,25,27,29). The molecule has 0 saturated carbocycles. The molecule has 0 fully saturated rings. The monoisotopic (exact) mass is 483 g/mol. The van der Waals surface area contributed by atoms with Gasteiger partial charge in [0.15, 0.2) is 0 Å². The molecule has 1 amide bonds. The first kappa shape index (κ1) is 24.8. The van der Waals surface area contributed by atoms with E-state index >= 15 is 0 Å². The van der Waals surface area contributed by atoms with Crippen LogP contribution < -0.4 is 14.8 Å². The third-order valence-electron chi connectivity index (χ3n) is 4.98. The van der Waals surface area contributed by atoms with Crippen molar-refractivity contribution in [3.05, 3.63) is 71.2 Å². The zero-order valence-electron chi connectivity index (χ0n) is 19.3. The van der Waals surface area contributed by atoms with Crippen LogP contribution in [0.15, 0.2) is 53.8 Å². The Bertz CT molecular complexity index is 1230. The number of rotatable bonds is 9. The molecule has 0 bridgehead atoms. The largest absolute Gasteiger partial charge is 0.497 e. The first-order chi connectivity index (χ1) is 16.3. The van der Waals surface area contributed by atoms with Crippen LogP contribution in [0.25, 0.3) is 0 Å². The fraction of sp³-hybridized carbons (Fsp3) is 0.250. The van der Waals surface area contributed by atoms with E-state index in [2.05, 4.69) is 15.3 Å². The van der Waals surface area contributed by atoms with E-state index in [1.54, 1.807) is 50.4 Å². The first-order valence-corrected chi connectivity index (χ1v) is 11.6. The Morgan fingerprint density at radius 2 is 1.85 bits per heavy atom. The van der Waals surface area contributed by atoms with E-state index in [1.165, 1.54) is 26.4 Å². The number of nitrogens with zero attached hydrogens (tertiary/aromatic N) is 2. The highest BCUT2D eigenvalue weighted by molar-refractivity contribution is 7.84. The van der Waals surface area contributed by atoms with Gasteiger partial charge in [0.25, 0.3) is 5.91 Å². The molecule has 0 aliphatic rings. The average molecular weight is 484 g/mol. The summed E-state index contributed by atoms with van der Waals surface area (Å²) in [5.74, 6) is 0.357. The summed E-state index contributed by atoms with van der Waals surface area (Å²) in [4.78, 5) is 32.6. The molecular weight excluding hydrogens is 458 g/mol. The number of methoxy groups -OCH3 is 2. The Hall–Kier alpha value is -3.79. The fourth-order valence-corrected chi connectivity index (χ4v) is 4.39. The first-order valence-electron chi connectivity index (χ1n) is 10.3. The SMILES string of the molecule is COc1ccc(CS(=O)c2ncccc2C(=O)Nc2ccnc(COC(C)=O)c2C)c(OC)c1. The van der Waals surface area contributed by atoms with Crippen molar-refractivity contribution in [3.63, 3.8) is 0 Å². The molecular formula is C24H25N3O6S. The van der Waals surface area contributed by atoms with Crippen LogP contribution in [0, 0.1) is 6.92 Å². The van der Waals surface area contributed by atoms with E-state index in [0.29, 0.717) is 34.0 Å².